The second-order valence-corrected chi connectivity index (χ2v) is 8.15. The fourth-order valence-corrected chi connectivity index (χ4v) is 6.69. The Morgan fingerprint density at radius 2 is 1.11 bits per heavy atom. The molecule has 4 saturated carbocycles. The summed E-state index contributed by atoms with van der Waals surface area (Å²) in [6.07, 6.45) is 20.5. The highest BCUT2D eigenvalue weighted by atomic mass is 14.6. The number of rotatable bonds is 0. The van der Waals surface area contributed by atoms with E-state index in [0.717, 1.165) is 47.3 Å². The van der Waals surface area contributed by atoms with E-state index >= 15 is 0 Å². The molecule has 102 valence electrons. The first kappa shape index (κ1) is 11.2. The third kappa shape index (κ3) is 1.58. The van der Waals surface area contributed by atoms with Gasteiger partial charge in [-0.1, -0.05) is 24.3 Å². The van der Waals surface area contributed by atoms with Crippen LogP contribution >= 0.6 is 0 Å². The monoisotopic (exact) mass is 254 g/mol. The molecule has 6 aliphatic rings. The Hall–Kier alpha value is -0.520. The molecule has 0 amide bonds. The number of hydrogen-bond acceptors (Lipinski definition) is 0. The van der Waals surface area contributed by atoms with Crippen LogP contribution < -0.4 is 0 Å². The second-order valence-electron chi connectivity index (χ2n) is 8.15. The zero-order valence-electron chi connectivity index (χ0n) is 11.9. The van der Waals surface area contributed by atoms with Crippen molar-refractivity contribution in [1.29, 1.82) is 0 Å². The van der Waals surface area contributed by atoms with Crippen molar-refractivity contribution in [3.8, 4) is 0 Å². The van der Waals surface area contributed by atoms with Crippen LogP contribution in [0.1, 0.15) is 44.9 Å². The Labute approximate surface area is 117 Å². The van der Waals surface area contributed by atoms with Crippen molar-refractivity contribution >= 4 is 0 Å². The minimum Gasteiger partial charge on any atom is -0.0851 e. The predicted molar refractivity (Wildman–Crippen MR) is 78.5 cm³/mol. The number of hydrogen-bond donors (Lipinski definition) is 0. The van der Waals surface area contributed by atoms with Crippen LogP contribution in [0.4, 0.5) is 0 Å². The zero-order chi connectivity index (χ0) is 12.4. The first-order valence-corrected chi connectivity index (χ1v) is 8.75. The van der Waals surface area contributed by atoms with E-state index in [1.807, 2.05) is 0 Å². The lowest BCUT2D eigenvalue weighted by Crippen LogP contribution is -2.25. The van der Waals surface area contributed by atoms with Crippen LogP contribution in [0.25, 0.3) is 0 Å². The highest BCUT2D eigenvalue weighted by Crippen LogP contribution is 2.65. The van der Waals surface area contributed by atoms with Crippen LogP contribution in [0.5, 0.6) is 0 Å². The van der Waals surface area contributed by atoms with Gasteiger partial charge in [0, 0.05) is 0 Å². The van der Waals surface area contributed by atoms with Gasteiger partial charge in [0.2, 0.25) is 0 Å². The van der Waals surface area contributed by atoms with Gasteiger partial charge in [-0.05, 0) is 92.3 Å². The molecule has 0 heterocycles. The third-order valence-corrected chi connectivity index (χ3v) is 7.35. The molecule has 8 atom stereocenters. The van der Waals surface area contributed by atoms with Gasteiger partial charge in [-0.15, -0.1) is 0 Å². The van der Waals surface area contributed by atoms with Crippen molar-refractivity contribution in [3.63, 3.8) is 0 Å². The molecule has 6 bridgehead atoms. The van der Waals surface area contributed by atoms with Gasteiger partial charge in [0.25, 0.3) is 0 Å². The van der Waals surface area contributed by atoms with Crippen LogP contribution in [-0.2, 0) is 0 Å². The lowest BCUT2D eigenvalue weighted by molar-refractivity contribution is 0.206. The van der Waals surface area contributed by atoms with Crippen molar-refractivity contribution in [2.75, 3.05) is 0 Å². The Bertz CT molecular complexity index is 395. The molecule has 4 fully saturated rings. The quantitative estimate of drug-likeness (QED) is 0.429. The van der Waals surface area contributed by atoms with Crippen molar-refractivity contribution in [2.24, 2.45) is 47.3 Å². The third-order valence-electron chi connectivity index (χ3n) is 7.35. The summed E-state index contributed by atoms with van der Waals surface area (Å²) in [5.74, 6) is 8.64. The Morgan fingerprint density at radius 1 is 0.526 bits per heavy atom. The van der Waals surface area contributed by atoms with Gasteiger partial charge >= 0.3 is 0 Å². The summed E-state index contributed by atoms with van der Waals surface area (Å²) >= 11 is 0. The topological polar surface area (TPSA) is 0 Å². The average Bonchev–Trinajstić information content (AvgIpc) is 3.26. The van der Waals surface area contributed by atoms with Gasteiger partial charge in [0.15, 0.2) is 0 Å². The Kier molecular flexibility index (Phi) is 2.35. The maximum Gasteiger partial charge on any atom is -0.0194 e. The molecule has 6 aliphatic carbocycles. The van der Waals surface area contributed by atoms with Crippen molar-refractivity contribution < 1.29 is 0 Å². The molecule has 0 spiro atoms. The summed E-state index contributed by atoms with van der Waals surface area (Å²) in [5.41, 5.74) is 0. The normalized spacial score (nSPS) is 57.7. The second kappa shape index (κ2) is 3.99. The summed E-state index contributed by atoms with van der Waals surface area (Å²) in [6, 6.07) is 0. The van der Waals surface area contributed by atoms with Crippen LogP contribution in [0, 0.1) is 47.3 Å². The summed E-state index contributed by atoms with van der Waals surface area (Å²) in [4.78, 5) is 0. The lowest BCUT2D eigenvalue weighted by atomic mass is 9.73. The first-order valence-electron chi connectivity index (χ1n) is 8.75. The van der Waals surface area contributed by atoms with Gasteiger partial charge in [0.05, 0.1) is 0 Å². The fourth-order valence-electron chi connectivity index (χ4n) is 6.69. The molecule has 0 saturated heterocycles. The predicted octanol–water partition coefficient (Wildman–Crippen LogP) is 4.83. The molecule has 0 aliphatic heterocycles. The van der Waals surface area contributed by atoms with Crippen LogP contribution in [0.15, 0.2) is 24.3 Å². The molecule has 0 aromatic rings. The average molecular weight is 254 g/mol. The molecule has 8 unspecified atom stereocenters. The summed E-state index contributed by atoms with van der Waals surface area (Å²) in [7, 11) is 0. The SMILES string of the molecule is C1=CC2CC1C1C3CCC(C3)C21.C1=CC2CCC1C2. The fraction of sp³-hybridized carbons (Fsp3) is 0.789. The van der Waals surface area contributed by atoms with Gasteiger partial charge in [0.1, 0.15) is 0 Å². The van der Waals surface area contributed by atoms with E-state index in [2.05, 4.69) is 24.3 Å². The van der Waals surface area contributed by atoms with Gasteiger partial charge < -0.3 is 0 Å². The van der Waals surface area contributed by atoms with E-state index in [0.29, 0.717) is 0 Å². The van der Waals surface area contributed by atoms with E-state index in [-0.39, 0.29) is 0 Å². The zero-order valence-corrected chi connectivity index (χ0v) is 11.9. The van der Waals surface area contributed by atoms with E-state index in [4.69, 9.17) is 0 Å². The van der Waals surface area contributed by atoms with E-state index < -0.39 is 0 Å². The van der Waals surface area contributed by atoms with E-state index in [1.165, 1.54) is 25.7 Å². The van der Waals surface area contributed by atoms with Crippen molar-refractivity contribution in [2.45, 2.75) is 44.9 Å². The van der Waals surface area contributed by atoms with E-state index in [9.17, 15) is 0 Å². The molecule has 19 heavy (non-hydrogen) atoms. The Morgan fingerprint density at radius 3 is 1.53 bits per heavy atom. The molecule has 0 heteroatoms. The van der Waals surface area contributed by atoms with Gasteiger partial charge in [-0.3, -0.25) is 0 Å². The van der Waals surface area contributed by atoms with Gasteiger partial charge in [-0.25, -0.2) is 0 Å². The largest absolute Gasteiger partial charge is 0.0851 e. The summed E-state index contributed by atoms with van der Waals surface area (Å²) in [5, 5.41) is 0. The van der Waals surface area contributed by atoms with Crippen molar-refractivity contribution in [3.05, 3.63) is 24.3 Å². The maximum atomic E-state index is 2.53. The van der Waals surface area contributed by atoms with Crippen LogP contribution in [0.3, 0.4) is 0 Å². The molecular weight excluding hydrogens is 228 g/mol. The first-order chi connectivity index (χ1) is 9.38. The van der Waals surface area contributed by atoms with Gasteiger partial charge in [-0.2, -0.15) is 0 Å². The van der Waals surface area contributed by atoms with E-state index in [1.54, 1.807) is 19.3 Å². The Balaban J connectivity index is 0.000000108. The molecule has 0 aromatic heterocycles. The number of allylic oxidation sites excluding steroid dienone is 4. The van der Waals surface area contributed by atoms with Crippen molar-refractivity contribution in [1.82, 2.24) is 0 Å². The molecule has 6 rings (SSSR count). The molecule has 0 nitrogen and oxygen atoms in total. The van der Waals surface area contributed by atoms with Crippen LogP contribution in [-0.4, -0.2) is 0 Å². The molecule has 0 N–H and O–H groups in total. The minimum atomic E-state index is 0.991. The number of fused-ring (bicyclic) bond motifs is 11. The smallest absolute Gasteiger partial charge is 0.0194 e. The molecule has 0 aromatic carbocycles. The maximum absolute atomic E-state index is 2.53. The summed E-state index contributed by atoms with van der Waals surface area (Å²) < 4.78 is 0. The molecular formula is C19H26. The standard InChI is InChI=1S/C12H16.C7H10/c1-2-8-5-7(1)11-9-3-4-10(6-9)12(8)11;1-2-7-4-3-6(1)5-7/h1-2,7-12H,3-6H2;1-2,6-7H,3-5H2. The molecule has 0 radical (unpaired) electrons. The summed E-state index contributed by atoms with van der Waals surface area (Å²) in [6.45, 7) is 0. The highest BCUT2D eigenvalue weighted by molar-refractivity contribution is 5.19. The van der Waals surface area contributed by atoms with Crippen LogP contribution in [0.2, 0.25) is 0 Å². The minimum absolute atomic E-state index is 0.991. The highest BCUT2D eigenvalue weighted by Gasteiger charge is 2.57. The lowest BCUT2D eigenvalue weighted by Gasteiger charge is -2.31.